The van der Waals surface area contributed by atoms with Crippen LogP contribution in [0, 0.1) is 6.92 Å². The first-order chi connectivity index (χ1) is 9.32. The van der Waals surface area contributed by atoms with Gasteiger partial charge in [-0.15, -0.1) is 11.3 Å². The summed E-state index contributed by atoms with van der Waals surface area (Å²) in [6.45, 7) is 6.07. The number of aromatic carboxylic acids is 1. The first-order valence-electron chi connectivity index (χ1n) is 6.25. The molecule has 0 bridgehead atoms. The molecule has 3 nitrogen and oxygen atoms in total. The van der Waals surface area contributed by atoms with E-state index in [0.717, 1.165) is 26.0 Å². The summed E-state index contributed by atoms with van der Waals surface area (Å²) in [5.41, 5.74) is 9.48. The number of anilines is 1. The minimum atomic E-state index is -0.966. The lowest BCUT2D eigenvalue weighted by molar-refractivity contribution is 0.0703. The number of nitrogens with two attached hydrogens (primary N) is 1. The van der Waals surface area contributed by atoms with Crippen molar-refractivity contribution in [2.24, 2.45) is 0 Å². The molecule has 0 spiro atoms. The molecule has 1 aromatic heterocycles. The maximum Gasteiger partial charge on any atom is 0.348 e. The molecule has 0 aliphatic heterocycles. The van der Waals surface area contributed by atoms with E-state index in [1.165, 1.54) is 11.3 Å². The van der Waals surface area contributed by atoms with E-state index in [4.69, 9.17) is 5.73 Å². The minimum absolute atomic E-state index is 0.175. The molecular formula is C15H16BrNO2S. The number of rotatable bonds is 3. The Morgan fingerprint density at radius 3 is 2.55 bits per heavy atom. The number of hydrogen-bond acceptors (Lipinski definition) is 3. The van der Waals surface area contributed by atoms with Crippen molar-refractivity contribution in [1.29, 1.82) is 0 Å². The fourth-order valence-corrected chi connectivity index (χ4v) is 3.73. The molecule has 0 amide bonds. The molecule has 0 unspecified atom stereocenters. The Kier molecular flexibility index (Phi) is 4.20. The number of thiophene rings is 1. The Morgan fingerprint density at radius 1 is 1.40 bits per heavy atom. The molecule has 1 heterocycles. The maximum atomic E-state index is 11.3. The SMILES string of the molecule is Cc1ccc(-c2sc(C(=O)O)c(N)c2C(C)C)cc1Br. The monoisotopic (exact) mass is 353 g/mol. The van der Waals surface area contributed by atoms with Crippen LogP contribution in [0.4, 0.5) is 5.69 Å². The number of carboxylic acids is 1. The van der Waals surface area contributed by atoms with Crippen molar-refractivity contribution in [3.8, 4) is 10.4 Å². The highest BCUT2D eigenvalue weighted by molar-refractivity contribution is 9.10. The van der Waals surface area contributed by atoms with Gasteiger partial charge in [0.2, 0.25) is 0 Å². The third-order valence-electron chi connectivity index (χ3n) is 3.19. The van der Waals surface area contributed by atoms with Crippen LogP contribution in [0.1, 0.15) is 40.6 Å². The van der Waals surface area contributed by atoms with Gasteiger partial charge in [-0.25, -0.2) is 4.79 Å². The van der Waals surface area contributed by atoms with Crippen LogP contribution in [0.15, 0.2) is 22.7 Å². The predicted molar refractivity (Wildman–Crippen MR) is 87.7 cm³/mol. The third-order valence-corrected chi connectivity index (χ3v) is 5.30. The fraction of sp³-hybridized carbons (Fsp3) is 0.267. The molecule has 0 radical (unpaired) electrons. The number of benzene rings is 1. The molecule has 0 aliphatic rings. The van der Waals surface area contributed by atoms with Crippen LogP contribution < -0.4 is 5.73 Å². The van der Waals surface area contributed by atoms with Crippen LogP contribution in [-0.4, -0.2) is 11.1 Å². The first-order valence-corrected chi connectivity index (χ1v) is 7.85. The van der Waals surface area contributed by atoms with Crippen molar-refractivity contribution in [3.05, 3.63) is 38.7 Å². The Morgan fingerprint density at radius 2 is 2.05 bits per heavy atom. The van der Waals surface area contributed by atoms with Gasteiger partial charge in [-0.1, -0.05) is 41.9 Å². The average molecular weight is 354 g/mol. The van der Waals surface area contributed by atoms with Gasteiger partial charge in [-0.3, -0.25) is 0 Å². The van der Waals surface area contributed by atoms with E-state index in [0.29, 0.717) is 5.69 Å². The smallest absolute Gasteiger partial charge is 0.348 e. The van der Waals surface area contributed by atoms with E-state index in [2.05, 4.69) is 15.9 Å². The van der Waals surface area contributed by atoms with E-state index < -0.39 is 5.97 Å². The predicted octanol–water partition coefficient (Wildman–Crippen LogP) is 4.89. The molecule has 1 aromatic carbocycles. The zero-order valence-electron chi connectivity index (χ0n) is 11.5. The van der Waals surface area contributed by atoms with Crippen molar-refractivity contribution < 1.29 is 9.90 Å². The summed E-state index contributed by atoms with van der Waals surface area (Å²) in [5, 5.41) is 9.25. The second-order valence-electron chi connectivity index (χ2n) is 5.01. The molecule has 106 valence electrons. The molecule has 20 heavy (non-hydrogen) atoms. The third kappa shape index (κ3) is 2.60. The Bertz CT molecular complexity index is 677. The topological polar surface area (TPSA) is 63.3 Å². The van der Waals surface area contributed by atoms with Gasteiger partial charge in [0.15, 0.2) is 0 Å². The van der Waals surface area contributed by atoms with E-state index in [1.54, 1.807) is 0 Å². The highest BCUT2D eigenvalue weighted by Gasteiger charge is 2.23. The van der Waals surface area contributed by atoms with Gasteiger partial charge in [0.1, 0.15) is 4.88 Å². The normalized spacial score (nSPS) is 11.1. The second kappa shape index (κ2) is 5.58. The average Bonchev–Trinajstić information content (AvgIpc) is 2.70. The zero-order chi connectivity index (χ0) is 15.0. The highest BCUT2D eigenvalue weighted by atomic mass is 79.9. The van der Waals surface area contributed by atoms with Gasteiger partial charge < -0.3 is 10.8 Å². The van der Waals surface area contributed by atoms with Gasteiger partial charge in [-0.2, -0.15) is 0 Å². The number of carbonyl (C=O) groups is 1. The second-order valence-corrected chi connectivity index (χ2v) is 6.89. The van der Waals surface area contributed by atoms with Gasteiger partial charge >= 0.3 is 5.97 Å². The van der Waals surface area contributed by atoms with Crippen molar-refractivity contribution in [1.82, 2.24) is 0 Å². The molecule has 0 saturated heterocycles. The lowest BCUT2D eigenvalue weighted by atomic mass is 9.98. The molecule has 0 fully saturated rings. The van der Waals surface area contributed by atoms with Crippen molar-refractivity contribution in [2.45, 2.75) is 26.7 Å². The minimum Gasteiger partial charge on any atom is -0.477 e. The summed E-state index contributed by atoms with van der Waals surface area (Å²) in [5.74, 6) is -0.791. The Hall–Kier alpha value is -1.33. The molecule has 5 heteroatoms. The van der Waals surface area contributed by atoms with Crippen LogP contribution in [-0.2, 0) is 0 Å². The summed E-state index contributed by atoms with van der Waals surface area (Å²) in [4.78, 5) is 12.4. The summed E-state index contributed by atoms with van der Waals surface area (Å²) in [6, 6.07) is 6.03. The molecule has 2 rings (SSSR count). The van der Waals surface area contributed by atoms with Crippen LogP contribution in [0.3, 0.4) is 0 Å². The standard InChI is InChI=1S/C15H16BrNO2S/c1-7(2)11-12(17)14(15(18)19)20-13(11)9-5-4-8(3)10(16)6-9/h4-7H,17H2,1-3H3,(H,18,19). The molecular weight excluding hydrogens is 338 g/mol. The van der Waals surface area contributed by atoms with Gasteiger partial charge in [0, 0.05) is 9.35 Å². The summed E-state index contributed by atoms with van der Waals surface area (Å²) < 4.78 is 1.01. The maximum absolute atomic E-state index is 11.3. The number of carboxylic acid groups (broad SMARTS) is 1. The van der Waals surface area contributed by atoms with Crippen LogP contribution >= 0.6 is 27.3 Å². The quantitative estimate of drug-likeness (QED) is 0.825. The lowest BCUT2D eigenvalue weighted by Crippen LogP contribution is -2.00. The molecule has 0 saturated carbocycles. The molecule has 3 N–H and O–H groups in total. The highest BCUT2D eigenvalue weighted by Crippen LogP contribution is 2.43. The summed E-state index contributed by atoms with van der Waals surface area (Å²) in [6.07, 6.45) is 0. The van der Waals surface area contributed by atoms with Crippen LogP contribution in [0.5, 0.6) is 0 Å². The van der Waals surface area contributed by atoms with Crippen molar-refractivity contribution in [3.63, 3.8) is 0 Å². The number of nitrogen functional groups attached to an aromatic ring is 1. The van der Waals surface area contributed by atoms with Gasteiger partial charge in [-0.05, 0) is 35.6 Å². The van der Waals surface area contributed by atoms with Crippen molar-refractivity contribution >= 4 is 38.9 Å². The van der Waals surface area contributed by atoms with E-state index in [1.807, 2.05) is 39.0 Å². The summed E-state index contributed by atoms with van der Waals surface area (Å²) in [7, 11) is 0. The zero-order valence-corrected chi connectivity index (χ0v) is 13.9. The fourth-order valence-electron chi connectivity index (χ4n) is 2.14. The number of halogens is 1. The largest absolute Gasteiger partial charge is 0.477 e. The first kappa shape index (κ1) is 15.1. The Balaban J connectivity index is 2.69. The lowest BCUT2D eigenvalue weighted by Gasteiger charge is -2.10. The van der Waals surface area contributed by atoms with E-state index in [-0.39, 0.29) is 10.8 Å². The van der Waals surface area contributed by atoms with E-state index in [9.17, 15) is 9.90 Å². The van der Waals surface area contributed by atoms with E-state index >= 15 is 0 Å². The van der Waals surface area contributed by atoms with Crippen molar-refractivity contribution in [2.75, 3.05) is 5.73 Å². The molecule has 0 atom stereocenters. The van der Waals surface area contributed by atoms with Crippen LogP contribution in [0.2, 0.25) is 0 Å². The number of hydrogen-bond donors (Lipinski definition) is 2. The number of aryl methyl sites for hydroxylation is 1. The van der Waals surface area contributed by atoms with Gasteiger partial charge in [0.25, 0.3) is 0 Å². The summed E-state index contributed by atoms with van der Waals surface area (Å²) >= 11 is 4.76. The van der Waals surface area contributed by atoms with Gasteiger partial charge in [0.05, 0.1) is 5.69 Å². The Labute approximate surface area is 130 Å². The molecule has 2 aromatic rings. The molecule has 0 aliphatic carbocycles. The van der Waals surface area contributed by atoms with Crippen LogP contribution in [0.25, 0.3) is 10.4 Å².